The van der Waals surface area contributed by atoms with Crippen LogP contribution in [0.1, 0.15) is 44.7 Å². The van der Waals surface area contributed by atoms with E-state index in [4.69, 9.17) is 0 Å². The van der Waals surface area contributed by atoms with E-state index in [1.165, 1.54) is 5.56 Å². The summed E-state index contributed by atoms with van der Waals surface area (Å²) >= 11 is 0. The van der Waals surface area contributed by atoms with Gasteiger partial charge in [-0.2, -0.15) is 0 Å². The van der Waals surface area contributed by atoms with Crippen molar-refractivity contribution in [3.63, 3.8) is 0 Å². The fourth-order valence-electron chi connectivity index (χ4n) is 2.59. The monoisotopic (exact) mass is 260 g/mol. The molecule has 0 aliphatic carbocycles. The van der Waals surface area contributed by atoms with Crippen molar-refractivity contribution in [2.75, 3.05) is 13.1 Å². The van der Waals surface area contributed by atoms with Crippen LogP contribution in [0.25, 0.3) is 0 Å². The normalized spacial score (nSPS) is 23.4. The van der Waals surface area contributed by atoms with Gasteiger partial charge in [-0.05, 0) is 18.9 Å². The van der Waals surface area contributed by atoms with Gasteiger partial charge in [0.2, 0.25) is 5.91 Å². The van der Waals surface area contributed by atoms with Gasteiger partial charge in [-0.1, -0.05) is 43.7 Å². The Balaban J connectivity index is 2.02. The van der Waals surface area contributed by atoms with Crippen LogP contribution in [0.5, 0.6) is 0 Å². The summed E-state index contributed by atoms with van der Waals surface area (Å²) < 4.78 is 0. The molecular weight excluding hydrogens is 236 g/mol. The molecule has 2 atom stereocenters. The smallest absolute Gasteiger partial charge is 0.222 e. The summed E-state index contributed by atoms with van der Waals surface area (Å²) in [5, 5.41) is 3.53. The van der Waals surface area contributed by atoms with Gasteiger partial charge >= 0.3 is 0 Å². The van der Waals surface area contributed by atoms with E-state index < -0.39 is 0 Å². The van der Waals surface area contributed by atoms with E-state index in [9.17, 15) is 4.79 Å². The third-order valence-electron chi connectivity index (χ3n) is 3.84. The van der Waals surface area contributed by atoms with Crippen molar-refractivity contribution < 1.29 is 4.79 Å². The van der Waals surface area contributed by atoms with Gasteiger partial charge in [-0.15, -0.1) is 0 Å². The summed E-state index contributed by atoms with van der Waals surface area (Å²) in [6.07, 6.45) is 2.75. The van der Waals surface area contributed by atoms with Gasteiger partial charge in [-0.25, -0.2) is 0 Å². The lowest BCUT2D eigenvalue weighted by Gasteiger charge is -2.39. The fraction of sp³-hybridized carbons (Fsp3) is 0.562. The molecule has 0 saturated carbocycles. The van der Waals surface area contributed by atoms with Gasteiger partial charge < -0.3 is 10.2 Å². The summed E-state index contributed by atoms with van der Waals surface area (Å²) in [4.78, 5) is 14.3. The van der Waals surface area contributed by atoms with Gasteiger partial charge in [0, 0.05) is 31.6 Å². The molecular formula is C16H24N2O. The van der Waals surface area contributed by atoms with Crippen molar-refractivity contribution in [1.82, 2.24) is 10.2 Å². The minimum Gasteiger partial charge on any atom is -0.337 e. The van der Waals surface area contributed by atoms with Crippen LogP contribution >= 0.6 is 0 Å². The molecule has 2 rings (SSSR count). The van der Waals surface area contributed by atoms with Gasteiger partial charge in [0.25, 0.3) is 0 Å². The topological polar surface area (TPSA) is 32.3 Å². The average Bonchev–Trinajstić information content (AvgIpc) is 2.46. The molecule has 1 heterocycles. The Bertz CT molecular complexity index is 404. The lowest BCUT2D eigenvalue weighted by Crippen LogP contribution is -2.53. The molecule has 1 saturated heterocycles. The number of hydrogen-bond donors (Lipinski definition) is 1. The minimum atomic E-state index is 0.267. The lowest BCUT2D eigenvalue weighted by atomic mass is 10.0. The Labute approximate surface area is 116 Å². The van der Waals surface area contributed by atoms with Crippen molar-refractivity contribution in [3.8, 4) is 0 Å². The number of benzene rings is 1. The zero-order chi connectivity index (χ0) is 13.7. The van der Waals surface area contributed by atoms with Gasteiger partial charge in [0.05, 0.1) is 0 Å². The largest absolute Gasteiger partial charge is 0.337 e. The van der Waals surface area contributed by atoms with Crippen LogP contribution < -0.4 is 5.32 Å². The second-order valence-electron chi connectivity index (χ2n) is 5.37. The van der Waals surface area contributed by atoms with E-state index in [1.807, 2.05) is 11.0 Å². The highest BCUT2D eigenvalue weighted by atomic mass is 16.2. The molecule has 2 unspecified atom stereocenters. The van der Waals surface area contributed by atoms with Crippen LogP contribution in [0, 0.1) is 0 Å². The van der Waals surface area contributed by atoms with Gasteiger partial charge in [-0.3, -0.25) is 4.79 Å². The first kappa shape index (κ1) is 14.1. The summed E-state index contributed by atoms with van der Waals surface area (Å²) in [5.74, 6) is 0.303. The molecule has 0 radical (unpaired) electrons. The number of piperazine rings is 1. The van der Waals surface area contributed by atoms with Crippen LogP contribution in [0.4, 0.5) is 0 Å². The molecule has 1 fully saturated rings. The number of nitrogens with one attached hydrogen (secondary N) is 1. The highest BCUT2D eigenvalue weighted by Gasteiger charge is 2.28. The number of rotatable bonds is 4. The van der Waals surface area contributed by atoms with Crippen molar-refractivity contribution in [1.29, 1.82) is 0 Å². The lowest BCUT2D eigenvalue weighted by molar-refractivity contribution is -0.134. The maximum atomic E-state index is 12.2. The molecule has 1 aliphatic rings. The van der Waals surface area contributed by atoms with Crippen LogP contribution in [0.2, 0.25) is 0 Å². The Morgan fingerprint density at radius 1 is 1.37 bits per heavy atom. The van der Waals surface area contributed by atoms with Crippen molar-refractivity contribution in [2.45, 2.75) is 45.2 Å². The second-order valence-corrected chi connectivity index (χ2v) is 5.37. The standard InChI is InChI=1S/C16H24N2O/c1-3-4-10-16(19)18-12-15(17-11-13(18)2)14-8-6-5-7-9-14/h5-9,13,15,17H,3-4,10-12H2,1-2H3. The van der Waals surface area contributed by atoms with Crippen LogP contribution in [0.3, 0.4) is 0 Å². The second kappa shape index (κ2) is 6.71. The summed E-state index contributed by atoms with van der Waals surface area (Å²) in [6.45, 7) is 5.91. The van der Waals surface area contributed by atoms with Crippen LogP contribution in [-0.2, 0) is 4.79 Å². The Morgan fingerprint density at radius 3 is 2.79 bits per heavy atom. The number of hydrogen-bond acceptors (Lipinski definition) is 2. The number of carbonyl (C=O) groups excluding carboxylic acids is 1. The summed E-state index contributed by atoms with van der Waals surface area (Å²) in [7, 11) is 0. The van der Waals surface area contributed by atoms with E-state index >= 15 is 0 Å². The quantitative estimate of drug-likeness (QED) is 0.903. The molecule has 3 nitrogen and oxygen atoms in total. The molecule has 1 N–H and O–H groups in total. The first-order valence-corrected chi connectivity index (χ1v) is 7.30. The highest BCUT2D eigenvalue weighted by Crippen LogP contribution is 2.20. The Morgan fingerprint density at radius 2 is 2.11 bits per heavy atom. The van der Waals surface area contributed by atoms with E-state index in [2.05, 4.69) is 43.4 Å². The third kappa shape index (κ3) is 3.57. The zero-order valence-electron chi connectivity index (χ0n) is 11.9. The summed E-state index contributed by atoms with van der Waals surface area (Å²) in [5.41, 5.74) is 1.27. The number of carbonyl (C=O) groups is 1. The van der Waals surface area contributed by atoms with Crippen molar-refractivity contribution in [2.24, 2.45) is 0 Å². The molecule has 1 aliphatic heterocycles. The fourth-order valence-corrected chi connectivity index (χ4v) is 2.59. The number of amides is 1. The number of nitrogens with zero attached hydrogens (tertiary/aromatic N) is 1. The Hall–Kier alpha value is -1.35. The van der Waals surface area contributed by atoms with Crippen LogP contribution in [0.15, 0.2) is 30.3 Å². The minimum absolute atomic E-state index is 0.267. The molecule has 0 aromatic heterocycles. The first-order valence-electron chi connectivity index (χ1n) is 7.30. The molecule has 1 amide bonds. The maximum Gasteiger partial charge on any atom is 0.222 e. The van der Waals surface area contributed by atoms with Crippen molar-refractivity contribution >= 4 is 5.91 Å². The average molecular weight is 260 g/mol. The SMILES string of the molecule is CCCCC(=O)N1CC(c2ccccc2)NCC1C. The molecule has 3 heteroatoms. The Kier molecular flexibility index (Phi) is 4.97. The molecule has 0 bridgehead atoms. The van der Waals surface area contributed by atoms with E-state index in [1.54, 1.807) is 0 Å². The third-order valence-corrected chi connectivity index (χ3v) is 3.84. The molecule has 1 aromatic carbocycles. The zero-order valence-corrected chi connectivity index (χ0v) is 11.9. The van der Waals surface area contributed by atoms with Crippen LogP contribution in [-0.4, -0.2) is 29.9 Å². The predicted molar refractivity (Wildman–Crippen MR) is 77.9 cm³/mol. The highest BCUT2D eigenvalue weighted by molar-refractivity contribution is 5.76. The molecule has 104 valence electrons. The van der Waals surface area contributed by atoms with E-state index in [0.717, 1.165) is 25.9 Å². The molecule has 0 spiro atoms. The van der Waals surface area contributed by atoms with E-state index in [0.29, 0.717) is 18.4 Å². The summed E-state index contributed by atoms with van der Waals surface area (Å²) in [6, 6.07) is 11.0. The number of unbranched alkanes of at least 4 members (excludes halogenated alkanes) is 1. The molecule has 1 aromatic rings. The van der Waals surface area contributed by atoms with E-state index in [-0.39, 0.29) is 6.04 Å². The van der Waals surface area contributed by atoms with Gasteiger partial charge in [0.15, 0.2) is 0 Å². The molecule has 19 heavy (non-hydrogen) atoms. The maximum absolute atomic E-state index is 12.2. The predicted octanol–water partition coefficient (Wildman–Crippen LogP) is 2.74. The first-order chi connectivity index (χ1) is 9.22. The van der Waals surface area contributed by atoms with Gasteiger partial charge in [0.1, 0.15) is 0 Å². The van der Waals surface area contributed by atoms with Crippen molar-refractivity contribution in [3.05, 3.63) is 35.9 Å².